The van der Waals surface area contributed by atoms with Gasteiger partial charge in [-0.2, -0.15) is 0 Å². The molecule has 1 unspecified atom stereocenters. The maximum atomic E-state index is 11.9. The van der Waals surface area contributed by atoms with Gasteiger partial charge in [0.2, 0.25) is 0 Å². The molecule has 37 heavy (non-hydrogen) atoms. The van der Waals surface area contributed by atoms with E-state index in [4.69, 9.17) is 10.5 Å². The van der Waals surface area contributed by atoms with E-state index in [0.717, 1.165) is 45.3 Å². The number of Topliss-reactive ketones (excluding diaryl/α,β-unsaturated/α-hetero) is 1. The predicted molar refractivity (Wildman–Crippen MR) is 140 cm³/mol. The third-order valence-corrected chi connectivity index (χ3v) is 7.32. The fraction of sp³-hybridized carbons (Fsp3) is 0.533. The van der Waals surface area contributed by atoms with E-state index in [1.54, 1.807) is 0 Å². The normalized spacial score (nSPS) is 15.4. The van der Waals surface area contributed by atoms with Crippen LogP contribution < -0.4 is 62.2 Å². The molecule has 2 aromatic carbocycles. The number of rotatable bonds is 14. The fourth-order valence-electron chi connectivity index (χ4n) is 5.18. The van der Waals surface area contributed by atoms with Crippen molar-refractivity contribution >= 4 is 11.8 Å². The van der Waals surface area contributed by atoms with Gasteiger partial charge in [-0.15, -0.1) is 0 Å². The molecule has 0 aliphatic carbocycles. The Balaban J connectivity index is 0.00000481. The van der Waals surface area contributed by atoms with E-state index in [-0.39, 0.29) is 57.2 Å². The van der Waals surface area contributed by atoms with Crippen LogP contribution in [0.25, 0.3) is 0 Å². The summed E-state index contributed by atoms with van der Waals surface area (Å²) >= 11 is 0. The molecule has 1 heterocycles. The second-order valence-electron chi connectivity index (χ2n) is 10.2. The Morgan fingerprint density at radius 2 is 1.43 bits per heavy atom. The minimum absolute atomic E-state index is 0. The van der Waals surface area contributed by atoms with Gasteiger partial charge < -0.3 is 19.5 Å². The summed E-state index contributed by atoms with van der Waals surface area (Å²) in [7, 11) is 0. The SMILES string of the molecule is Cc1ccc(C(c2ccc(C)cc2)C2CCN(CCCCCCC(=O)C(N)OCC(=O)[O-])CC2)cc1.[K+]. The molecule has 7 heteroatoms. The van der Waals surface area contributed by atoms with Crippen molar-refractivity contribution in [2.75, 3.05) is 26.2 Å². The van der Waals surface area contributed by atoms with Crippen LogP contribution in [0.15, 0.2) is 48.5 Å². The number of likely N-dealkylation sites (tertiary alicyclic amines) is 1. The minimum atomic E-state index is -1.37. The molecule has 1 atom stereocenters. The van der Waals surface area contributed by atoms with Crippen LogP contribution in [0.4, 0.5) is 0 Å². The van der Waals surface area contributed by atoms with Crippen LogP contribution in [-0.4, -0.2) is 49.1 Å². The van der Waals surface area contributed by atoms with Crippen molar-refractivity contribution in [1.82, 2.24) is 4.90 Å². The Hall–Kier alpha value is -0.904. The molecule has 0 amide bonds. The van der Waals surface area contributed by atoms with Gasteiger partial charge in [0.05, 0.1) is 12.6 Å². The van der Waals surface area contributed by atoms with Crippen molar-refractivity contribution in [3.63, 3.8) is 0 Å². The van der Waals surface area contributed by atoms with E-state index < -0.39 is 18.8 Å². The minimum Gasteiger partial charge on any atom is -0.548 e. The van der Waals surface area contributed by atoms with Crippen molar-refractivity contribution in [2.45, 2.75) is 70.9 Å². The predicted octanol–water partition coefficient (Wildman–Crippen LogP) is 0.722. The summed E-state index contributed by atoms with van der Waals surface area (Å²) in [6.45, 7) is 6.98. The first-order valence-electron chi connectivity index (χ1n) is 13.3. The molecule has 0 aromatic heterocycles. The zero-order valence-electron chi connectivity index (χ0n) is 22.8. The molecule has 2 N–H and O–H groups in total. The molecule has 0 bridgehead atoms. The smallest absolute Gasteiger partial charge is 0.548 e. The molecule has 1 aliphatic heterocycles. The standard InChI is InChI=1S/C30H42N2O4.K/c1-22-8-12-24(13-9-22)29(25-14-10-23(2)11-15-25)26-16-19-32(20-17-26)18-6-4-3-5-7-27(33)30(31)36-21-28(34)35;/h8-15,26,29-30H,3-7,16-21,31H2,1-2H3,(H,34,35);/q;+1/p-1. The number of hydrogen-bond donors (Lipinski definition) is 1. The van der Waals surface area contributed by atoms with Gasteiger partial charge >= 0.3 is 51.4 Å². The van der Waals surface area contributed by atoms with Crippen molar-refractivity contribution in [3.05, 3.63) is 70.8 Å². The summed E-state index contributed by atoms with van der Waals surface area (Å²) in [6.07, 6.45) is 5.43. The number of benzene rings is 2. The van der Waals surface area contributed by atoms with Crippen LogP contribution in [0.1, 0.15) is 73.1 Å². The van der Waals surface area contributed by atoms with Gasteiger partial charge in [0, 0.05) is 12.3 Å². The van der Waals surface area contributed by atoms with E-state index >= 15 is 0 Å². The van der Waals surface area contributed by atoms with Crippen LogP contribution in [0.2, 0.25) is 0 Å². The number of aryl methyl sites for hydroxylation is 2. The number of hydrogen-bond acceptors (Lipinski definition) is 6. The van der Waals surface area contributed by atoms with Crippen molar-refractivity contribution in [2.24, 2.45) is 11.7 Å². The zero-order chi connectivity index (χ0) is 25.9. The van der Waals surface area contributed by atoms with Gasteiger partial charge in [-0.05, 0) is 76.2 Å². The maximum Gasteiger partial charge on any atom is 1.00 e. The zero-order valence-corrected chi connectivity index (χ0v) is 25.9. The van der Waals surface area contributed by atoms with Crippen molar-refractivity contribution < 1.29 is 70.8 Å². The molecule has 2 aromatic rings. The molecule has 3 rings (SSSR count). The third-order valence-electron chi connectivity index (χ3n) is 7.32. The molecule has 1 saturated heterocycles. The van der Waals surface area contributed by atoms with E-state index in [2.05, 4.69) is 67.3 Å². The molecule has 0 spiro atoms. The number of unbranched alkanes of at least 4 members (excludes halogenated alkanes) is 3. The van der Waals surface area contributed by atoms with E-state index in [1.165, 1.54) is 35.1 Å². The summed E-state index contributed by atoms with van der Waals surface area (Å²) in [6, 6.07) is 18.1. The van der Waals surface area contributed by atoms with Crippen LogP contribution in [0.5, 0.6) is 0 Å². The van der Waals surface area contributed by atoms with Gasteiger partial charge in [0.15, 0.2) is 12.0 Å². The number of ketones is 1. The van der Waals surface area contributed by atoms with Crippen molar-refractivity contribution in [1.29, 1.82) is 0 Å². The molecule has 0 radical (unpaired) electrons. The van der Waals surface area contributed by atoms with Gasteiger partial charge in [-0.3, -0.25) is 10.5 Å². The summed E-state index contributed by atoms with van der Waals surface area (Å²) in [5, 5.41) is 10.4. The number of piperidine rings is 1. The van der Waals surface area contributed by atoms with Gasteiger partial charge in [-0.1, -0.05) is 72.5 Å². The number of nitrogens with zero attached hydrogens (tertiary/aromatic N) is 1. The number of aliphatic carboxylic acids is 1. The molecular formula is C30H41KN2O4. The Labute approximate surface area is 264 Å². The van der Waals surface area contributed by atoms with E-state index in [1.807, 2.05) is 0 Å². The number of nitrogens with two attached hydrogens (primary N) is 1. The summed E-state index contributed by atoms with van der Waals surface area (Å²) in [5.41, 5.74) is 11.0. The second kappa shape index (κ2) is 16.9. The van der Waals surface area contributed by atoms with Crippen LogP contribution in [0.3, 0.4) is 0 Å². The second-order valence-corrected chi connectivity index (χ2v) is 10.2. The molecular weight excluding hydrogens is 491 g/mol. The molecule has 6 nitrogen and oxygen atoms in total. The number of carbonyl (C=O) groups excluding carboxylic acids is 2. The Morgan fingerprint density at radius 3 is 1.95 bits per heavy atom. The average molecular weight is 533 g/mol. The topological polar surface area (TPSA) is 95.7 Å². The first-order valence-corrected chi connectivity index (χ1v) is 13.3. The Bertz CT molecular complexity index is 911. The monoisotopic (exact) mass is 532 g/mol. The quantitative estimate of drug-likeness (QED) is 0.219. The average Bonchev–Trinajstić information content (AvgIpc) is 2.87. The van der Waals surface area contributed by atoms with Crippen LogP contribution in [-0.2, 0) is 14.3 Å². The maximum absolute atomic E-state index is 11.9. The summed E-state index contributed by atoms with van der Waals surface area (Å²) in [5.74, 6) is -0.549. The van der Waals surface area contributed by atoms with Gasteiger partial charge in [0.25, 0.3) is 0 Å². The third kappa shape index (κ3) is 11.0. The van der Waals surface area contributed by atoms with Gasteiger partial charge in [0.1, 0.15) is 0 Å². The molecule has 1 fully saturated rings. The summed E-state index contributed by atoms with van der Waals surface area (Å²) in [4.78, 5) is 24.8. The van der Waals surface area contributed by atoms with Crippen LogP contribution >= 0.6 is 0 Å². The number of carboxylic acid groups (broad SMARTS) is 1. The fourth-order valence-corrected chi connectivity index (χ4v) is 5.18. The molecule has 1 aliphatic rings. The van der Waals surface area contributed by atoms with E-state index in [0.29, 0.717) is 18.3 Å². The first kappa shape index (κ1) is 32.3. The number of carbonyl (C=O) groups is 2. The van der Waals surface area contributed by atoms with Crippen LogP contribution in [0, 0.1) is 19.8 Å². The molecule has 0 saturated carbocycles. The largest absolute Gasteiger partial charge is 1.00 e. The number of carboxylic acids is 1. The number of ether oxygens (including phenoxy) is 1. The summed E-state index contributed by atoms with van der Waals surface area (Å²) < 4.78 is 4.77. The van der Waals surface area contributed by atoms with Gasteiger partial charge in [-0.25, -0.2) is 0 Å². The van der Waals surface area contributed by atoms with Crippen molar-refractivity contribution in [3.8, 4) is 0 Å². The Kier molecular flexibility index (Phi) is 14.8. The first-order chi connectivity index (χ1) is 17.3. The Morgan fingerprint density at radius 1 is 0.919 bits per heavy atom. The van der Waals surface area contributed by atoms with E-state index in [9.17, 15) is 14.7 Å². The molecule has 196 valence electrons.